The van der Waals surface area contributed by atoms with E-state index >= 15 is 0 Å². The number of nitrogens with zero attached hydrogens (tertiary/aromatic N) is 1. The molecular formula is C8H16N2O2. The smallest absolute Gasteiger partial charge is 0.152 e. The summed E-state index contributed by atoms with van der Waals surface area (Å²) >= 11 is 0. The van der Waals surface area contributed by atoms with Crippen molar-refractivity contribution in [3.8, 4) is 0 Å². The summed E-state index contributed by atoms with van der Waals surface area (Å²) in [5.41, 5.74) is 0. The minimum atomic E-state index is -0.0125. The van der Waals surface area contributed by atoms with Gasteiger partial charge in [0.2, 0.25) is 0 Å². The maximum absolute atomic E-state index is 11.2. The van der Waals surface area contributed by atoms with E-state index < -0.39 is 0 Å². The summed E-state index contributed by atoms with van der Waals surface area (Å²) in [5.74, 6) is 0.291. The first kappa shape index (κ1) is 9.64. The molecule has 1 fully saturated rings. The molecule has 4 nitrogen and oxygen atoms in total. The molecule has 4 heteroatoms. The van der Waals surface area contributed by atoms with Crippen molar-refractivity contribution in [2.24, 2.45) is 0 Å². The molecule has 0 aromatic heterocycles. The van der Waals surface area contributed by atoms with E-state index in [0.29, 0.717) is 25.3 Å². The Labute approximate surface area is 72.6 Å². The largest absolute Gasteiger partial charge is 0.395 e. The fraction of sp³-hybridized carbons (Fsp3) is 0.875. The van der Waals surface area contributed by atoms with Crippen LogP contribution in [0.5, 0.6) is 0 Å². The van der Waals surface area contributed by atoms with Crippen LogP contribution in [0.2, 0.25) is 0 Å². The van der Waals surface area contributed by atoms with Gasteiger partial charge in [-0.15, -0.1) is 0 Å². The molecule has 0 amide bonds. The Morgan fingerprint density at radius 2 is 2.50 bits per heavy atom. The zero-order valence-corrected chi connectivity index (χ0v) is 7.42. The van der Waals surface area contributed by atoms with E-state index in [-0.39, 0.29) is 12.6 Å². The molecule has 0 bridgehead atoms. The second kappa shape index (κ2) is 4.54. The molecule has 1 saturated heterocycles. The molecule has 1 aliphatic rings. The van der Waals surface area contributed by atoms with E-state index in [1.54, 1.807) is 0 Å². The molecule has 0 saturated carbocycles. The average molecular weight is 172 g/mol. The van der Waals surface area contributed by atoms with Gasteiger partial charge in [0.25, 0.3) is 0 Å². The fourth-order valence-electron chi connectivity index (χ4n) is 1.40. The topological polar surface area (TPSA) is 52.6 Å². The van der Waals surface area contributed by atoms with Crippen LogP contribution in [-0.4, -0.2) is 55.1 Å². The number of carbonyl (C=O) groups is 1. The van der Waals surface area contributed by atoms with Crippen LogP contribution in [0.1, 0.15) is 6.42 Å². The SMILES string of the molecule is CN(CCO)CC1NCCC1=O. The predicted octanol–water partition coefficient (Wildman–Crippen LogP) is -1.16. The minimum absolute atomic E-state index is 0.0125. The van der Waals surface area contributed by atoms with Gasteiger partial charge in [-0.2, -0.15) is 0 Å². The van der Waals surface area contributed by atoms with Gasteiger partial charge in [-0.3, -0.25) is 4.79 Å². The van der Waals surface area contributed by atoms with Crippen LogP contribution in [0.4, 0.5) is 0 Å². The minimum Gasteiger partial charge on any atom is -0.395 e. The number of nitrogens with one attached hydrogen (secondary N) is 1. The van der Waals surface area contributed by atoms with Crippen LogP contribution in [0.3, 0.4) is 0 Å². The van der Waals surface area contributed by atoms with Crippen molar-refractivity contribution in [1.29, 1.82) is 0 Å². The standard InChI is InChI=1S/C8H16N2O2/c1-10(4-5-11)6-7-8(12)2-3-9-7/h7,9,11H,2-6H2,1H3. The van der Waals surface area contributed by atoms with Crippen molar-refractivity contribution < 1.29 is 9.90 Å². The average Bonchev–Trinajstić information content (AvgIpc) is 2.37. The number of ketones is 1. The third-order valence-corrected chi connectivity index (χ3v) is 2.13. The number of Topliss-reactive ketones (excluding diaryl/α,β-unsaturated/α-hetero) is 1. The molecule has 1 aliphatic heterocycles. The number of rotatable bonds is 4. The van der Waals surface area contributed by atoms with Crippen LogP contribution in [-0.2, 0) is 4.79 Å². The number of likely N-dealkylation sites (N-methyl/N-ethyl adjacent to an activating group) is 1. The zero-order chi connectivity index (χ0) is 8.97. The molecule has 1 rings (SSSR count). The van der Waals surface area contributed by atoms with Gasteiger partial charge in [0, 0.05) is 26.1 Å². The Balaban J connectivity index is 2.25. The van der Waals surface area contributed by atoms with E-state index in [9.17, 15) is 4.79 Å². The molecule has 1 heterocycles. The van der Waals surface area contributed by atoms with Crippen LogP contribution >= 0.6 is 0 Å². The second-order valence-corrected chi connectivity index (χ2v) is 3.21. The third kappa shape index (κ3) is 2.55. The molecule has 2 N–H and O–H groups in total. The lowest BCUT2D eigenvalue weighted by molar-refractivity contribution is -0.119. The van der Waals surface area contributed by atoms with Gasteiger partial charge in [-0.05, 0) is 7.05 Å². The molecule has 0 aromatic carbocycles. The lowest BCUT2D eigenvalue weighted by atomic mass is 10.2. The van der Waals surface area contributed by atoms with Crippen LogP contribution in [0.15, 0.2) is 0 Å². The van der Waals surface area contributed by atoms with Gasteiger partial charge in [0.1, 0.15) is 0 Å². The van der Waals surface area contributed by atoms with E-state index in [4.69, 9.17) is 5.11 Å². The van der Waals surface area contributed by atoms with Crippen molar-refractivity contribution >= 4 is 5.78 Å². The second-order valence-electron chi connectivity index (χ2n) is 3.21. The van der Waals surface area contributed by atoms with Crippen LogP contribution in [0, 0.1) is 0 Å². The molecule has 0 radical (unpaired) electrons. The quantitative estimate of drug-likeness (QED) is 0.562. The third-order valence-electron chi connectivity index (χ3n) is 2.13. The molecule has 0 aliphatic carbocycles. The first-order valence-electron chi connectivity index (χ1n) is 4.29. The number of carbonyl (C=O) groups excluding carboxylic acids is 1. The first-order chi connectivity index (χ1) is 5.74. The highest BCUT2D eigenvalue weighted by Crippen LogP contribution is 2.01. The molecule has 1 unspecified atom stereocenters. The van der Waals surface area contributed by atoms with Gasteiger partial charge >= 0.3 is 0 Å². The van der Waals surface area contributed by atoms with Gasteiger partial charge in [0.15, 0.2) is 5.78 Å². The van der Waals surface area contributed by atoms with Crippen molar-refractivity contribution in [2.45, 2.75) is 12.5 Å². The summed E-state index contributed by atoms with van der Waals surface area (Å²) in [6.45, 7) is 2.29. The van der Waals surface area contributed by atoms with E-state index in [0.717, 1.165) is 6.54 Å². The maximum atomic E-state index is 11.2. The Bertz CT molecular complexity index is 161. The molecule has 1 atom stereocenters. The van der Waals surface area contributed by atoms with Gasteiger partial charge < -0.3 is 15.3 Å². The van der Waals surface area contributed by atoms with Crippen molar-refractivity contribution in [3.05, 3.63) is 0 Å². The summed E-state index contributed by atoms with van der Waals surface area (Å²) in [5, 5.41) is 11.8. The number of aliphatic hydroxyl groups is 1. The highest BCUT2D eigenvalue weighted by molar-refractivity contribution is 5.86. The highest BCUT2D eigenvalue weighted by atomic mass is 16.3. The van der Waals surface area contributed by atoms with E-state index in [1.165, 1.54) is 0 Å². The van der Waals surface area contributed by atoms with Crippen molar-refractivity contribution in [3.63, 3.8) is 0 Å². The summed E-state index contributed by atoms with van der Waals surface area (Å²) < 4.78 is 0. The fourth-order valence-corrected chi connectivity index (χ4v) is 1.40. The summed E-state index contributed by atoms with van der Waals surface area (Å²) in [4.78, 5) is 13.1. The first-order valence-corrected chi connectivity index (χ1v) is 4.29. The lowest BCUT2D eigenvalue weighted by Gasteiger charge is -2.18. The van der Waals surface area contributed by atoms with Crippen LogP contribution in [0.25, 0.3) is 0 Å². The molecule has 12 heavy (non-hydrogen) atoms. The number of hydrogen-bond acceptors (Lipinski definition) is 4. The summed E-state index contributed by atoms with van der Waals surface area (Å²) in [6.07, 6.45) is 0.650. The molecule has 70 valence electrons. The lowest BCUT2D eigenvalue weighted by Crippen LogP contribution is -2.40. The van der Waals surface area contributed by atoms with Crippen molar-refractivity contribution in [1.82, 2.24) is 10.2 Å². The van der Waals surface area contributed by atoms with Gasteiger partial charge in [0.05, 0.1) is 12.6 Å². The maximum Gasteiger partial charge on any atom is 0.152 e. The van der Waals surface area contributed by atoms with Crippen molar-refractivity contribution in [2.75, 3.05) is 33.3 Å². The Morgan fingerprint density at radius 3 is 3.00 bits per heavy atom. The molecular weight excluding hydrogens is 156 g/mol. The molecule has 0 aromatic rings. The Kier molecular flexibility index (Phi) is 3.65. The monoisotopic (exact) mass is 172 g/mol. The van der Waals surface area contributed by atoms with E-state index in [1.807, 2.05) is 11.9 Å². The normalized spacial score (nSPS) is 23.9. The molecule has 0 spiro atoms. The number of aliphatic hydroxyl groups excluding tert-OH is 1. The van der Waals surface area contributed by atoms with E-state index in [2.05, 4.69) is 5.32 Å². The Hall–Kier alpha value is -0.450. The highest BCUT2D eigenvalue weighted by Gasteiger charge is 2.24. The number of hydrogen-bond donors (Lipinski definition) is 2. The van der Waals surface area contributed by atoms with Gasteiger partial charge in [-0.1, -0.05) is 0 Å². The predicted molar refractivity (Wildman–Crippen MR) is 46.0 cm³/mol. The van der Waals surface area contributed by atoms with Gasteiger partial charge in [-0.25, -0.2) is 0 Å². The zero-order valence-electron chi connectivity index (χ0n) is 7.42. The summed E-state index contributed by atoms with van der Waals surface area (Å²) in [6, 6.07) is -0.0125. The Morgan fingerprint density at radius 1 is 1.75 bits per heavy atom. The summed E-state index contributed by atoms with van der Waals surface area (Å²) in [7, 11) is 1.91. The van der Waals surface area contributed by atoms with Crippen LogP contribution < -0.4 is 5.32 Å².